The fourth-order valence-corrected chi connectivity index (χ4v) is 5.17. The summed E-state index contributed by atoms with van der Waals surface area (Å²) in [6.45, 7) is 2.16. The Morgan fingerprint density at radius 1 is 1.32 bits per heavy atom. The minimum atomic E-state index is -0.820. The molecule has 5 atom stereocenters. The maximum Gasteiger partial charge on any atom is 0.208 e. The van der Waals surface area contributed by atoms with Crippen LogP contribution in [-0.4, -0.2) is 77.6 Å². The Bertz CT molecular complexity index is 768. The number of nitrogens with zero attached hydrogens (tertiary/aromatic N) is 2. The lowest BCUT2D eigenvalue weighted by atomic mass is 9.82. The largest absolute Gasteiger partial charge is 0.396 e. The fraction of sp³-hybridized carbons (Fsp3) is 0.667. The van der Waals surface area contributed by atoms with Crippen LogP contribution in [0.3, 0.4) is 0 Å². The van der Waals surface area contributed by atoms with Gasteiger partial charge in [0.25, 0.3) is 0 Å². The zero-order valence-corrected chi connectivity index (χ0v) is 14.7. The number of fused-ring (bicyclic) bond motifs is 4. The molecule has 0 spiro atoms. The Labute approximate surface area is 146 Å². The van der Waals surface area contributed by atoms with Crippen molar-refractivity contribution in [3.63, 3.8) is 0 Å². The van der Waals surface area contributed by atoms with Gasteiger partial charge in [-0.2, -0.15) is 0 Å². The van der Waals surface area contributed by atoms with Crippen LogP contribution in [0.5, 0.6) is 0 Å². The Balaban J connectivity index is 1.62. The van der Waals surface area contributed by atoms with Crippen molar-refractivity contribution in [2.75, 3.05) is 27.3 Å². The summed E-state index contributed by atoms with van der Waals surface area (Å²) in [6.07, 6.45) is 2.05. The van der Waals surface area contributed by atoms with Gasteiger partial charge in [0.1, 0.15) is 0 Å². The van der Waals surface area contributed by atoms with E-state index in [9.17, 15) is 14.7 Å². The van der Waals surface area contributed by atoms with Gasteiger partial charge < -0.3 is 20.1 Å². The molecule has 1 saturated carbocycles. The number of likely N-dealkylation sites (N-methyl/N-ethyl adjacent to an activating group) is 1. The van der Waals surface area contributed by atoms with Gasteiger partial charge in [0.2, 0.25) is 11.6 Å². The summed E-state index contributed by atoms with van der Waals surface area (Å²) in [6, 6.07) is 0.690. The standard InChI is InChI=1S/C18H23N3O4/c1-8-13(19-9-4-5-9)16(24)12-10(7-22)18(25-3)17-11(20(17)2)6-21(18)14(12)15(8)23/h9-11,17,19,22H,4-7H2,1-3H3. The molecule has 0 bridgehead atoms. The summed E-state index contributed by atoms with van der Waals surface area (Å²) in [5.74, 6) is -0.768. The molecule has 0 aromatic heterocycles. The highest BCUT2D eigenvalue weighted by molar-refractivity contribution is 6.25. The summed E-state index contributed by atoms with van der Waals surface area (Å²) in [5, 5.41) is 13.4. The average Bonchev–Trinajstić information content (AvgIpc) is 3.46. The van der Waals surface area contributed by atoms with Crippen LogP contribution in [0.15, 0.2) is 22.5 Å². The van der Waals surface area contributed by atoms with E-state index in [0.29, 0.717) is 35.1 Å². The molecule has 3 aliphatic heterocycles. The number of nitrogens with one attached hydrogen (secondary N) is 1. The van der Waals surface area contributed by atoms with E-state index in [1.807, 2.05) is 11.9 Å². The highest BCUT2D eigenvalue weighted by Crippen LogP contribution is 2.58. The molecular weight excluding hydrogens is 322 g/mol. The van der Waals surface area contributed by atoms with Crippen LogP contribution in [-0.2, 0) is 14.3 Å². The second-order valence-corrected chi connectivity index (χ2v) is 7.82. The zero-order valence-electron chi connectivity index (χ0n) is 14.7. The number of carbonyl (C=O) groups is 2. The molecule has 0 aromatic rings. The number of piperazine rings is 1. The number of aliphatic hydroxyl groups is 1. The molecule has 0 amide bonds. The van der Waals surface area contributed by atoms with Gasteiger partial charge in [0, 0.05) is 36.9 Å². The van der Waals surface area contributed by atoms with Crippen molar-refractivity contribution in [2.24, 2.45) is 5.92 Å². The third kappa shape index (κ3) is 1.66. The van der Waals surface area contributed by atoms with E-state index in [0.717, 1.165) is 12.8 Å². The van der Waals surface area contributed by atoms with E-state index in [-0.39, 0.29) is 30.3 Å². The second-order valence-electron chi connectivity index (χ2n) is 7.82. The molecule has 2 N–H and O–H groups in total. The smallest absolute Gasteiger partial charge is 0.208 e. The lowest BCUT2D eigenvalue weighted by molar-refractivity contribution is -0.144. The highest BCUT2D eigenvalue weighted by Gasteiger charge is 2.75. The molecule has 5 aliphatic rings. The third-order valence-electron chi connectivity index (χ3n) is 6.66. The molecule has 0 radical (unpaired) electrons. The van der Waals surface area contributed by atoms with Gasteiger partial charge in [0.15, 0.2) is 5.72 Å². The molecule has 2 saturated heterocycles. The lowest BCUT2D eigenvalue weighted by Gasteiger charge is -2.40. The summed E-state index contributed by atoms with van der Waals surface area (Å²) in [5.41, 5.74) is 0.956. The number of hydrogen-bond acceptors (Lipinski definition) is 7. The van der Waals surface area contributed by atoms with Gasteiger partial charge in [-0.05, 0) is 26.8 Å². The van der Waals surface area contributed by atoms with E-state index in [1.165, 1.54) is 0 Å². The molecule has 0 aromatic carbocycles. The first kappa shape index (κ1) is 15.5. The summed E-state index contributed by atoms with van der Waals surface area (Å²) < 4.78 is 5.94. The molecular formula is C18H23N3O4. The first-order chi connectivity index (χ1) is 12.0. The number of aliphatic hydroxyl groups excluding tert-OH is 1. The van der Waals surface area contributed by atoms with Crippen molar-refractivity contribution in [2.45, 2.75) is 43.6 Å². The third-order valence-corrected chi connectivity index (χ3v) is 6.66. The Hall–Kier alpha value is -1.70. The molecule has 7 heteroatoms. The molecule has 134 valence electrons. The number of carbonyl (C=O) groups excluding carboxylic acids is 2. The number of rotatable bonds is 4. The summed E-state index contributed by atoms with van der Waals surface area (Å²) >= 11 is 0. The molecule has 3 fully saturated rings. The minimum absolute atomic E-state index is 0.0981. The van der Waals surface area contributed by atoms with Crippen LogP contribution in [0, 0.1) is 5.92 Å². The summed E-state index contributed by atoms with van der Waals surface area (Å²) in [7, 11) is 3.63. The van der Waals surface area contributed by atoms with E-state index >= 15 is 0 Å². The molecule has 5 rings (SSSR count). The predicted molar refractivity (Wildman–Crippen MR) is 88.3 cm³/mol. The molecule has 3 heterocycles. The van der Waals surface area contributed by atoms with Gasteiger partial charge in [-0.15, -0.1) is 0 Å². The quantitative estimate of drug-likeness (QED) is 0.519. The SMILES string of the molecule is COC12C(CO)C3=C(C(=O)C(C)=C(NC4CC4)C3=O)N1CC1C2N1C. The minimum Gasteiger partial charge on any atom is -0.396 e. The van der Waals surface area contributed by atoms with E-state index in [4.69, 9.17) is 4.74 Å². The van der Waals surface area contributed by atoms with Gasteiger partial charge >= 0.3 is 0 Å². The van der Waals surface area contributed by atoms with Crippen LogP contribution >= 0.6 is 0 Å². The highest BCUT2D eigenvalue weighted by atomic mass is 16.5. The molecule has 7 nitrogen and oxygen atoms in total. The van der Waals surface area contributed by atoms with Crippen molar-refractivity contribution in [1.82, 2.24) is 15.1 Å². The Morgan fingerprint density at radius 3 is 2.64 bits per heavy atom. The maximum absolute atomic E-state index is 13.2. The molecule has 2 aliphatic carbocycles. The number of allylic oxidation sites excluding steroid dienone is 2. The Morgan fingerprint density at radius 2 is 2.04 bits per heavy atom. The molecule has 25 heavy (non-hydrogen) atoms. The first-order valence-electron chi connectivity index (χ1n) is 8.93. The van der Waals surface area contributed by atoms with E-state index in [2.05, 4.69) is 10.2 Å². The fourth-order valence-electron chi connectivity index (χ4n) is 5.17. The predicted octanol–water partition coefficient (Wildman–Crippen LogP) is -0.619. The average molecular weight is 345 g/mol. The number of methoxy groups -OCH3 is 1. The van der Waals surface area contributed by atoms with Crippen LogP contribution in [0.2, 0.25) is 0 Å². The second kappa shape index (κ2) is 4.72. The monoisotopic (exact) mass is 345 g/mol. The normalized spacial score (nSPS) is 42.0. The van der Waals surface area contributed by atoms with Crippen molar-refractivity contribution in [3.8, 4) is 0 Å². The lowest BCUT2D eigenvalue weighted by Crippen LogP contribution is -2.55. The van der Waals surface area contributed by atoms with E-state index in [1.54, 1.807) is 14.0 Å². The van der Waals surface area contributed by atoms with Crippen LogP contribution in [0.1, 0.15) is 19.8 Å². The number of hydrogen-bond donors (Lipinski definition) is 2. The van der Waals surface area contributed by atoms with Crippen molar-refractivity contribution in [1.29, 1.82) is 0 Å². The number of ether oxygens (including phenoxy) is 1. The van der Waals surface area contributed by atoms with Crippen molar-refractivity contribution >= 4 is 11.6 Å². The topological polar surface area (TPSA) is 81.9 Å². The van der Waals surface area contributed by atoms with E-state index < -0.39 is 11.6 Å². The number of Topliss-reactive ketones (excluding diaryl/α,β-unsaturated/α-hetero) is 2. The molecule has 5 unspecified atom stereocenters. The zero-order chi connectivity index (χ0) is 17.7. The van der Waals surface area contributed by atoms with Gasteiger partial charge in [-0.1, -0.05) is 0 Å². The number of ketones is 2. The first-order valence-corrected chi connectivity index (χ1v) is 8.93. The van der Waals surface area contributed by atoms with Crippen LogP contribution in [0.25, 0.3) is 0 Å². The van der Waals surface area contributed by atoms with Crippen LogP contribution < -0.4 is 5.32 Å². The van der Waals surface area contributed by atoms with Gasteiger partial charge in [-0.25, -0.2) is 0 Å². The van der Waals surface area contributed by atoms with Crippen molar-refractivity contribution < 1.29 is 19.4 Å². The Kier molecular flexibility index (Phi) is 2.93. The maximum atomic E-state index is 13.2. The van der Waals surface area contributed by atoms with Gasteiger partial charge in [-0.3, -0.25) is 14.5 Å². The van der Waals surface area contributed by atoms with Crippen molar-refractivity contribution in [3.05, 3.63) is 22.5 Å². The van der Waals surface area contributed by atoms with Gasteiger partial charge in [0.05, 0.1) is 30.0 Å². The van der Waals surface area contributed by atoms with Crippen LogP contribution in [0.4, 0.5) is 0 Å². The summed E-state index contributed by atoms with van der Waals surface area (Å²) in [4.78, 5) is 30.5.